The van der Waals surface area contributed by atoms with Crippen LogP contribution in [-0.4, -0.2) is 22.3 Å². The lowest BCUT2D eigenvalue weighted by atomic mass is 10.4. The first-order chi connectivity index (χ1) is 3.55. The van der Waals surface area contributed by atoms with Crippen molar-refractivity contribution in [2.45, 2.75) is 11.3 Å². The first-order valence-electron chi connectivity index (χ1n) is 1.70. The third-order valence-corrected chi connectivity index (χ3v) is 0.921. The average Bonchev–Trinajstić information content (AvgIpc) is 1.64. The summed E-state index contributed by atoms with van der Waals surface area (Å²) in [6.45, 7) is 0. The smallest absolute Gasteiger partial charge is 0.342 e. The molecule has 0 saturated heterocycles. The summed E-state index contributed by atoms with van der Waals surface area (Å²) in [5.74, 6) is -1.80. The zero-order chi connectivity index (χ0) is 6.73. The van der Waals surface area contributed by atoms with Gasteiger partial charge < -0.3 is 5.11 Å². The number of rotatable bonds is 2. The molecule has 2 unspecified atom stereocenters. The van der Waals surface area contributed by atoms with Gasteiger partial charge in [0.25, 0.3) is 0 Å². The molecular formula is C3H3BrF2O2. The summed E-state index contributed by atoms with van der Waals surface area (Å²) >= 11 is 2.12. The van der Waals surface area contributed by atoms with Crippen LogP contribution in [-0.2, 0) is 4.79 Å². The van der Waals surface area contributed by atoms with Gasteiger partial charge in [-0.2, -0.15) is 0 Å². The van der Waals surface area contributed by atoms with Crippen molar-refractivity contribution in [1.82, 2.24) is 0 Å². The first-order valence-corrected chi connectivity index (χ1v) is 2.62. The lowest BCUT2D eigenvalue weighted by Gasteiger charge is -1.98. The molecule has 2 atom stereocenters. The molecule has 0 bridgehead atoms. The van der Waals surface area contributed by atoms with E-state index in [0.717, 1.165) is 0 Å². The standard InChI is InChI=1S/C3H3BrF2O2/c4-2(6)1(5)3(7)8/h1-2H,(H,7,8). The highest BCUT2D eigenvalue weighted by atomic mass is 79.9. The van der Waals surface area contributed by atoms with E-state index in [0.29, 0.717) is 0 Å². The Hall–Kier alpha value is -0.190. The molecule has 0 saturated carbocycles. The highest BCUT2D eigenvalue weighted by Crippen LogP contribution is 2.09. The number of aliphatic carboxylic acids is 1. The number of hydrogen-bond acceptors (Lipinski definition) is 1. The van der Waals surface area contributed by atoms with Crippen molar-refractivity contribution >= 4 is 21.9 Å². The van der Waals surface area contributed by atoms with E-state index < -0.39 is 17.2 Å². The van der Waals surface area contributed by atoms with Crippen LogP contribution in [0.3, 0.4) is 0 Å². The highest BCUT2D eigenvalue weighted by molar-refractivity contribution is 9.09. The third kappa shape index (κ3) is 2.20. The summed E-state index contributed by atoms with van der Waals surface area (Å²) < 4.78 is 23.1. The van der Waals surface area contributed by atoms with E-state index in [1.165, 1.54) is 0 Å². The molecular weight excluding hydrogens is 186 g/mol. The number of hydrogen-bond donors (Lipinski definition) is 1. The molecule has 5 heteroatoms. The molecule has 0 rings (SSSR count). The Kier molecular flexibility index (Phi) is 2.89. The van der Waals surface area contributed by atoms with Gasteiger partial charge in [0.05, 0.1) is 0 Å². The molecule has 0 aromatic carbocycles. The van der Waals surface area contributed by atoms with Gasteiger partial charge in [-0.05, 0) is 15.9 Å². The van der Waals surface area contributed by atoms with Crippen LogP contribution in [0.4, 0.5) is 8.78 Å². The molecule has 2 nitrogen and oxygen atoms in total. The fourth-order valence-corrected chi connectivity index (χ4v) is 0.334. The Labute approximate surface area is 52.6 Å². The van der Waals surface area contributed by atoms with E-state index in [4.69, 9.17) is 5.11 Å². The summed E-state index contributed by atoms with van der Waals surface area (Å²) in [5, 5.41) is 5.60. The predicted molar refractivity (Wildman–Crippen MR) is 26.4 cm³/mol. The van der Waals surface area contributed by atoms with E-state index >= 15 is 0 Å². The minimum atomic E-state index is -2.46. The van der Waals surface area contributed by atoms with Crippen molar-refractivity contribution in [3.63, 3.8) is 0 Å². The second-order valence-electron chi connectivity index (χ2n) is 1.07. The van der Waals surface area contributed by atoms with Crippen molar-refractivity contribution in [2.75, 3.05) is 0 Å². The minimum absolute atomic E-state index is 1.80. The van der Waals surface area contributed by atoms with Crippen LogP contribution < -0.4 is 0 Å². The second kappa shape index (κ2) is 2.96. The topological polar surface area (TPSA) is 37.3 Å². The number of carboxylic acid groups (broad SMARTS) is 1. The maximum atomic E-state index is 11.6. The molecule has 0 heterocycles. The normalized spacial score (nSPS) is 17.4. The summed E-state index contributed by atoms with van der Waals surface area (Å²) in [6.07, 6.45) is -2.46. The van der Waals surface area contributed by atoms with Crippen LogP contribution in [0.1, 0.15) is 0 Å². The largest absolute Gasteiger partial charge is 0.479 e. The van der Waals surface area contributed by atoms with Crippen molar-refractivity contribution in [2.24, 2.45) is 0 Å². The van der Waals surface area contributed by atoms with Gasteiger partial charge in [0.15, 0.2) is 5.08 Å². The number of alkyl halides is 3. The third-order valence-electron chi connectivity index (χ3n) is 0.457. The molecule has 0 aromatic heterocycles. The monoisotopic (exact) mass is 188 g/mol. The number of halogens is 3. The van der Waals surface area contributed by atoms with Crippen LogP contribution in [0.2, 0.25) is 0 Å². The molecule has 0 aromatic rings. The maximum absolute atomic E-state index is 11.6. The summed E-state index contributed by atoms with van der Waals surface area (Å²) in [7, 11) is 0. The van der Waals surface area contributed by atoms with Crippen LogP contribution in [0, 0.1) is 0 Å². The Balaban J connectivity index is 3.64. The Morgan fingerprint density at radius 3 is 2.00 bits per heavy atom. The molecule has 0 aliphatic carbocycles. The first kappa shape index (κ1) is 7.81. The molecule has 1 N–H and O–H groups in total. The van der Waals surface area contributed by atoms with Crippen molar-refractivity contribution < 1.29 is 18.7 Å². The molecule has 0 radical (unpaired) electrons. The SMILES string of the molecule is O=C(O)C(F)C(F)Br. The lowest BCUT2D eigenvalue weighted by Crippen LogP contribution is -2.21. The van der Waals surface area contributed by atoms with E-state index in [9.17, 15) is 13.6 Å². The summed E-state index contributed by atoms with van der Waals surface area (Å²) in [6, 6.07) is 0. The molecule has 0 spiro atoms. The van der Waals surface area contributed by atoms with E-state index in [-0.39, 0.29) is 0 Å². The van der Waals surface area contributed by atoms with Crippen LogP contribution in [0.25, 0.3) is 0 Å². The van der Waals surface area contributed by atoms with Gasteiger partial charge >= 0.3 is 5.97 Å². The Morgan fingerprint density at radius 1 is 1.62 bits per heavy atom. The van der Waals surface area contributed by atoms with Gasteiger partial charge in [-0.1, -0.05) is 0 Å². The van der Waals surface area contributed by atoms with Gasteiger partial charge in [0.2, 0.25) is 6.17 Å². The molecule has 0 fully saturated rings. The fraction of sp³-hybridized carbons (Fsp3) is 0.667. The fourth-order valence-electron chi connectivity index (χ4n) is 0.108. The lowest BCUT2D eigenvalue weighted by molar-refractivity contribution is -0.143. The molecule has 0 aliphatic rings. The quantitative estimate of drug-likeness (QED) is 0.660. The Bertz CT molecular complexity index is 95.3. The van der Waals surface area contributed by atoms with Crippen molar-refractivity contribution in [3.8, 4) is 0 Å². The van der Waals surface area contributed by atoms with Crippen LogP contribution in [0.15, 0.2) is 0 Å². The van der Waals surface area contributed by atoms with Crippen LogP contribution >= 0.6 is 15.9 Å². The molecule has 0 amide bonds. The second-order valence-corrected chi connectivity index (χ2v) is 1.95. The Morgan fingerprint density at radius 2 is 2.00 bits per heavy atom. The van der Waals surface area contributed by atoms with Crippen molar-refractivity contribution in [3.05, 3.63) is 0 Å². The van der Waals surface area contributed by atoms with Gasteiger partial charge in [-0.3, -0.25) is 0 Å². The van der Waals surface area contributed by atoms with Gasteiger partial charge in [-0.15, -0.1) is 0 Å². The van der Waals surface area contributed by atoms with Crippen LogP contribution in [0.5, 0.6) is 0 Å². The zero-order valence-corrected chi connectivity index (χ0v) is 5.23. The molecule has 8 heavy (non-hydrogen) atoms. The van der Waals surface area contributed by atoms with Gasteiger partial charge in [0.1, 0.15) is 0 Å². The van der Waals surface area contributed by atoms with Gasteiger partial charge in [0, 0.05) is 0 Å². The summed E-state index contributed by atoms with van der Waals surface area (Å²) in [5.41, 5.74) is 0. The van der Waals surface area contributed by atoms with Gasteiger partial charge in [-0.25, -0.2) is 13.6 Å². The molecule has 0 aliphatic heterocycles. The maximum Gasteiger partial charge on any atom is 0.342 e. The summed E-state index contributed by atoms with van der Waals surface area (Å²) in [4.78, 5) is 9.50. The minimum Gasteiger partial charge on any atom is -0.479 e. The highest BCUT2D eigenvalue weighted by Gasteiger charge is 2.24. The predicted octanol–water partition coefficient (Wildman–Crippen LogP) is 1.10. The van der Waals surface area contributed by atoms with E-state index in [1.54, 1.807) is 0 Å². The van der Waals surface area contributed by atoms with E-state index in [1.807, 2.05) is 0 Å². The van der Waals surface area contributed by atoms with E-state index in [2.05, 4.69) is 15.9 Å². The van der Waals surface area contributed by atoms with Crippen molar-refractivity contribution in [1.29, 1.82) is 0 Å². The number of carbonyl (C=O) groups is 1. The zero-order valence-electron chi connectivity index (χ0n) is 3.64. The average molecular weight is 189 g/mol. The molecule has 48 valence electrons. The number of carboxylic acids is 1.